The lowest BCUT2D eigenvalue weighted by Crippen LogP contribution is -2.47. The Morgan fingerprint density at radius 2 is 1.66 bits per heavy atom. The number of amides is 4. The summed E-state index contributed by atoms with van der Waals surface area (Å²) in [4.78, 5) is 35.1. The Balaban J connectivity index is 1.56. The molecule has 154 valence electrons. The zero-order valence-corrected chi connectivity index (χ0v) is 16.8. The lowest BCUT2D eigenvalue weighted by atomic mass is 10.3. The summed E-state index contributed by atoms with van der Waals surface area (Å²) < 4.78 is 5.47. The normalized spacial score (nSPS) is 10.0. The fraction of sp³-hybridized carbons (Fsp3) is 0.211. The molecule has 0 aliphatic heterocycles. The molecule has 0 radical (unpaired) electrons. The second-order valence-corrected chi connectivity index (χ2v) is 6.64. The molecule has 2 rings (SSSR count). The molecule has 4 amide bonds. The summed E-state index contributed by atoms with van der Waals surface area (Å²) in [5.41, 5.74) is 5.08. The zero-order valence-electron chi connectivity index (χ0n) is 15.3. The molecule has 8 nitrogen and oxygen atoms in total. The summed E-state index contributed by atoms with van der Waals surface area (Å²) >= 11 is 11.8. The molecule has 0 atom stereocenters. The van der Waals surface area contributed by atoms with Crippen LogP contribution in [0.25, 0.3) is 0 Å². The highest BCUT2D eigenvalue weighted by Gasteiger charge is 2.08. The van der Waals surface area contributed by atoms with E-state index in [9.17, 15) is 14.4 Å². The van der Waals surface area contributed by atoms with Crippen molar-refractivity contribution in [3.63, 3.8) is 0 Å². The van der Waals surface area contributed by atoms with Crippen molar-refractivity contribution in [3.05, 3.63) is 58.6 Å². The molecule has 10 heteroatoms. The number of hydrogen-bond acceptors (Lipinski definition) is 4. The fourth-order valence-corrected chi connectivity index (χ4v) is 2.57. The van der Waals surface area contributed by atoms with Crippen molar-refractivity contribution in [2.45, 2.75) is 12.8 Å². The van der Waals surface area contributed by atoms with Gasteiger partial charge in [0, 0.05) is 17.1 Å². The van der Waals surface area contributed by atoms with Crippen LogP contribution in [-0.4, -0.2) is 31.0 Å². The SMILES string of the molecule is O=C(CCCOc1ccc(Cl)cc1Cl)NNC(=O)CNC(=O)Nc1ccccc1. The molecular formula is C19H20Cl2N4O4. The molecule has 2 aromatic rings. The topological polar surface area (TPSA) is 109 Å². The van der Waals surface area contributed by atoms with Gasteiger partial charge in [0.2, 0.25) is 5.91 Å². The van der Waals surface area contributed by atoms with E-state index < -0.39 is 17.8 Å². The Labute approximate surface area is 177 Å². The molecule has 2 aromatic carbocycles. The van der Waals surface area contributed by atoms with E-state index in [0.29, 0.717) is 27.9 Å². The first-order valence-electron chi connectivity index (χ1n) is 8.69. The van der Waals surface area contributed by atoms with E-state index in [2.05, 4.69) is 21.5 Å². The first kappa shape index (κ1) is 22.3. The summed E-state index contributed by atoms with van der Waals surface area (Å²) in [6, 6.07) is 13.1. The van der Waals surface area contributed by atoms with Gasteiger partial charge in [-0.3, -0.25) is 20.4 Å². The lowest BCUT2D eigenvalue weighted by molar-refractivity contribution is -0.128. The minimum absolute atomic E-state index is 0.132. The van der Waals surface area contributed by atoms with E-state index in [-0.39, 0.29) is 19.6 Å². The molecule has 0 heterocycles. The summed E-state index contributed by atoms with van der Waals surface area (Å²) in [6.07, 6.45) is 0.547. The van der Waals surface area contributed by atoms with Gasteiger partial charge < -0.3 is 15.4 Å². The van der Waals surface area contributed by atoms with Crippen LogP contribution in [-0.2, 0) is 9.59 Å². The van der Waals surface area contributed by atoms with E-state index in [1.807, 2.05) is 6.07 Å². The predicted octanol–water partition coefficient (Wildman–Crippen LogP) is 3.12. The highest BCUT2D eigenvalue weighted by Crippen LogP contribution is 2.27. The van der Waals surface area contributed by atoms with Gasteiger partial charge in [0.05, 0.1) is 11.6 Å². The highest BCUT2D eigenvalue weighted by molar-refractivity contribution is 6.35. The Morgan fingerprint density at radius 3 is 2.38 bits per heavy atom. The van der Waals surface area contributed by atoms with Crippen molar-refractivity contribution in [1.82, 2.24) is 16.2 Å². The number of rotatable bonds is 8. The number of ether oxygens (including phenoxy) is 1. The van der Waals surface area contributed by atoms with Crippen LogP contribution in [0.2, 0.25) is 10.0 Å². The fourth-order valence-electron chi connectivity index (χ4n) is 2.11. The number of benzene rings is 2. The maximum absolute atomic E-state index is 11.7. The maximum atomic E-state index is 11.7. The van der Waals surface area contributed by atoms with Crippen LogP contribution in [0, 0.1) is 0 Å². The first-order valence-corrected chi connectivity index (χ1v) is 9.45. The molecule has 0 saturated heterocycles. The summed E-state index contributed by atoms with van der Waals surface area (Å²) in [5, 5.41) is 5.84. The third kappa shape index (κ3) is 8.71. The van der Waals surface area contributed by atoms with Crippen molar-refractivity contribution < 1.29 is 19.1 Å². The quantitative estimate of drug-likeness (QED) is 0.374. The molecule has 0 aromatic heterocycles. The minimum atomic E-state index is -0.564. The molecule has 0 aliphatic carbocycles. The number of halogens is 2. The van der Waals surface area contributed by atoms with Crippen LogP contribution in [0.3, 0.4) is 0 Å². The largest absolute Gasteiger partial charge is 0.492 e. The van der Waals surface area contributed by atoms with Crippen LogP contribution in [0.1, 0.15) is 12.8 Å². The van der Waals surface area contributed by atoms with Gasteiger partial charge >= 0.3 is 6.03 Å². The molecule has 4 N–H and O–H groups in total. The average Bonchev–Trinajstić information content (AvgIpc) is 2.70. The van der Waals surface area contributed by atoms with Gasteiger partial charge in [0.15, 0.2) is 0 Å². The Kier molecular flexibility index (Phi) is 9.07. The van der Waals surface area contributed by atoms with E-state index >= 15 is 0 Å². The van der Waals surface area contributed by atoms with Gasteiger partial charge in [-0.2, -0.15) is 0 Å². The predicted molar refractivity (Wildman–Crippen MR) is 111 cm³/mol. The zero-order chi connectivity index (χ0) is 21.1. The molecule has 0 fully saturated rings. The second-order valence-electron chi connectivity index (χ2n) is 5.80. The monoisotopic (exact) mass is 438 g/mol. The Hall–Kier alpha value is -2.97. The summed E-state index contributed by atoms with van der Waals surface area (Å²) in [6.45, 7) is -0.0267. The molecule has 0 saturated carbocycles. The molecule has 0 spiro atoms. The van der Waals surface area contributed by atoms with Crippen molar-refractivity contribution in [2.24, 2.45) is 0 Å². The van der Waals surface area contributed by atoms with E-state index in [1.54, 1.807) is 42.5 Å². The van der Waals surface area contributed by atoms with Crippen LogP contribution < -0.4 is 26.2 Å². The standard InChI is InChI=1S/C19H20Cl2N4O4/c20-13-8-9-16(15(21)11-13)29-10-4-7-17(26)24-25-18(27)12-22-19(28)23-14-5-2-1-3-6-14/h1-3,5-6,8-9,11H,4,7,10,12H2,(H,24,26)(H,25,27)(H2,22,23,28). The van der Waals surface area contributed by atoms with Gasteiger partial charge in [-0.15, -0.1) is 0 Å². The van der Waals surface area contributed by atoms with Crippen LogP contribution >= 0.6 is 23.2 Å². The van der Waals surface area contributed by atoms with Crippen molar-refractivity contribution in [1.29, 1.82) is 0 Å². The van der Waals surface area contributed by atoms with Gasteiger partial charge in [-0.1, -0.05) is 41.4 Å². The van der Waals surface area contributed by atoms with Crippen molar-refractivity contribution >= 4 is 46.7 Å². The number of anilines is 1. The van der Waals surface area contributed by atoms with Gasteiger partial charge in [-0.25, -0.2) is 4.79 Å². The maximum Gasteiger partial charge on any atom is 0.319 e. The third-order valence-electron chi connectivity index (χ3n) is 3.48. The highest BCUT2D eigenvalue weighted by atomic mass is 35.5. The first-order chi connectivity index (χ1) is 13.9. The van der Waals surface area contributed by atoms with Gasteiger partial charge in [-0.05, 0) is 36.8 Å². The van der Waals surface area contributed by atoms with Crippen LogP contribution in [0.5, 0.6) is 5.75 Å². The number of carbonyl (C=O) groups excluding carboxylic acids is 3. The molecule has 0 unspecified atom stereocenters. The van der Waals surface area contributed by atoms with Gasteiger partial charge in [0.1, 0.15) is 12.3 Å². The second kappa shape index (κ2) is 11.8. The molecule has 29 heavy (non-hydrogen) atoms. The van der Waals surface area contributed by atoms with E-state index in [0.717, 1.165) is 0 Å². The smallest absolute Gasteiger partial charge is 0.319 e. The molecule has 0 aliphatic rings. The number of para-hydroxylation sites is 1. The number of nitrogens with one attached hydrogen (secondary N) is 4. The third-order valence-corrected chi connectivity index (χ3v) is 4.01. The van der Waals surface area contributed by atoms with Gasteiger partial charge in [0.25, 0.3) is 5.91 Å². The summed E-state index contributed by atoms with van der Waals surface area (Å²) in [5.74, 6) is -0.478. The number of urea groups is 1. The van der Waals surface area contributed by atoms with Crippen molar-refractivity contribution in [2.75, 3.05) is 18.5 Å². The Bertz CT molecular complexity index is 849. The molecular weight excluding hydrogens is 419 g/mol. The number of hydrazine groups is 1. The summed E-state index contributed by atoms with van der Waals surface area (Å²) in [7, 11) is 0. The Morgan fingerprint density at radius 1 is 0.931 bits per heavy atom. The minimum Gasteiger partial charge on any atom is -0.492 e. The average molecular weight is 439 g/mol. The molecule has 0 bridgehead atoms. The van der Waals surface area contributed by atoms with E-state index in [4.69, 9.17) is 27.9 Å². The van der Waals surface area contributed by atoms with Crippen LogP contribution in [0.4, 0.5) is 10.5 Å². The van der Waals surface area contributed by atoms with Crippen LogP contribution in [0.15, 0.2) is 48.5 Å². The number of hydrogen-bond donors (Lipinski definition) is 4. The lowest BCUT2D eigenvalue weighted by Gasteiger charge is -2.10. The van der Waals surface area contributed by atoms with E-state index in [1.165, 1.54) is 0 Å². The number of carbonyl (C=O) groups is 3. The van der Waals surface area contributed by atoms with Crippen molar-refractivity contribution in [3.8, 4) is 5.75 Å².